The van der Waals surface area contributed by atoms with Crippen LogP contribution in [-0.2, 0) is 0 Å². The molecular weight excluding hydrogens is 157 g/mol. The van der Waals surface area contributed by atoms with E-state index >= 15 is 0 Å². The van der Waals surface area contributed by atoms with Crippen LogP contribution in [0, 0.1) is 6.92 Å². The van der Waals surface area contributed by atoms with Crippen LogP contribution in [0.1, 0.15) is 15.2 Å². The summed E-state index contributed by atoms with van der Waals surface area (Å²) in [6.45, 7) is 1.89. The monoisotopic (exact) mass is 165 g/mol. The third kappa shape index (κ3) is 1.63. The van der Waals surface area contributed by atoms with Crippen LogP contribution in [-0.4, -0.2) is 20.8 Å². The second-order valence-corrected chi connectivity index (χ2v) is 3.32. The van der Waals surface area contributed by atoms with E-state index < -0.39 is 0 Å². The van der Waals surface area contributed by atoms with Crippen LogP contribution in [0.3, 0.4) is 0 Å². The third-order valence-corrected chi connectivity index (χ3v) is 2.47. The lowest BCUT2D eigenvalue weighted by Gasteiger charge is -1.91. The number of nitrogens with one attached hydrogen (secondary N) is 1. The molecule has 0 aliphatic heterocycles. The fourth-order valence-corrected chi connectivity index (χ4v) is 1.62. The van der Waals surface area contributed by atoms with E-state index in [1.54, 1.807) is 13.1 Å². The minimum Gasteiger partial charge on any atom is -0.354 e. The minimum absolute atomic E-state index is 0.0743. The second kappa shape index (κ2) is 3.09. The summed E-state index contributed by atoms with van der Waals surface area (Å²) >= 11 is 1.31. The Kier molecular flexibility index (Phi) is 2.34. The second-order valence-electron chi connectivity index (χ2n) is 2.24. The summed E-state index contributed by atoms with van der Waals surface area (Å²) in [6.07, 6.45) is 0. The van der Waals surface area contributed by atoms with Crippen LogP contribution in [0.25, 0.3) is 0 Å². The molecule has 0 saturated heterocycles. The summed E-state index contributed by atoms with van der Waals surface area (Å²) in [5.74, 6) is -0.0743. The van der Waals surface area contributed by atoms with Crippen molar-refractivity contribution in [1.29, 1.82) is 0 Å². The molecule has 0 bridgehead atoms. The first-order valence-corrected chi connectivity index (χ1v) is 4.04. The van der Waals surface area contributed by atoms with Crippen LogP contribution in [0.4, 0.5) is 0 Å². The first-order valence-electron chi connectivity index (χ1n) is 3.23. The summed E-state index contributed by atoms with van der Waals surface area (Å²) < 4.78 is 0.712. The van der Waals surface area contributed by atoms with Crippen LogP contribution < -0.4 is 10.1 Å². The molecule has 2 nitrogen and oxygen atoms in total. The zero-order valence-corrected chi connectivity index (χ0v) is 7.29. The van der Waals surface area contributed by atoms with E-state index in [9.17, 15) is 4.79 Å². The number of amides is 1. The van der Waals surface area contributed by atoms with E-state index in [2.05, 4.69) is 5.32 Å². The van der Waals surface area contributed by atoms with Gasteiger partial charge in [0, 0.05) is 7.05 Å². The van der Waals surface area contributed by atoms with E-state index in [0.29, 0.717) is 9.65 Å². The predicted octanol–water partition coefficient (Wildman–Crippen LogP) is 0.210. The van der Waals surface area contributed by atoms with Crippen LogP contribution in [0.5, 0.6) is 0 Å². The first kappa shape index (κ1) is 8.33. The predicted molar refractivity (Wildman–Crippen MR) is 47.8 cm³/mol. The van der Waals surface area contributed by atoms with Crippen LogP contribution in [0.2, 0.25) is 0 Å². The largest absolute Gasteiger partial charge is 0.354 e. The highest BCUT2D eigenvalue weighted by Gasteiger charge is 2.06. The first-order chi connectivity index (χ1) is 5.15. The van der Waals surface area contributed by atoms with E-state index in [-0.39, 0.29) is 5.91 Å². The van der Waals surface area contributed by atoms with Crippen molar-refractivity contribution in [2.24, 2.45) is 0 Å². The number of aryl methyl sites for hydroxylation is 1. The highest BCUT2D eigenvalue weighted by molar-refractivity contribution is 7.21. The Bertz CT molecular complexity index is 262. The molecule has 11 heavy (non-hydrogen) atoms. The van der Waals surface area contributed by atoms with Crippen molar-refractivity contribution in [1.82, 2.24) is 5.32 Å². The van der Waals surface area contributed by atoms with Gasteiger partial charge in [0.1, 0.15) is 7.85 Å². The van der Waals surface area contributed by atoms with E-state index in [1.165, 1.54) is 11.3 Å². The molecule has 0 aliphatic rings. The molecule has 0 unspecified atom stereocenters. The Morgan fingerprint density at radius 2 is 2.36 bits per heavy atom. The highest BCUT2D eigenvalue weighted by atomic mass is 32.1. The Balaban J connectivity index is 2.97. The van der Waals surface area contributed by atoms with Gasteiger partial charge in [0.15, 0.2) is 0 Å². The van der Waals surface area contributed by atoms with Crippen LogP contribution in [0.15, 0.2) is 6.07 Å². The number of carbonyl (C=O) groups excluding carboxylic acids is 1. The van der Waals surface area contributed by atoms with Crippen molar-refractivity contribution >= 4 is 29.9 Å². The highest BCUT2D eigenvalue weighted by Crippen LogP contribution is 2.09. The smallest absolute Gasteiger partial charge is 0.261 e. The molecule has 1 aromatic rings. The third-order valence-electron chi connectivity index (χ3n) is 1.41. The zero-order chi connectivity index (χ0) is 8.43. The SMILES string of the molecule is [B]c1sc(C(=O)NC)cc1C. The topological polar surface area (TPSA) is 29.1 Å². The molecule has 0 spiro atoms. The number of hydrogen-bond donors (Lipinski definition) is 1. The van der Waals surface area contributed by atoms with Gasteiger partial charge in [-0.15, -0.1) is 11.3 Å². The van der Waals surface area contributed by atoms with Gasteiger partial charge in [0.05, 0.1) is 4.88 Å². The molecule has 1 rings (SSSR count). The Morgan fingerprint density at radius 3 is 2.73 bits per heavy atom. The average Bonchev–Trinajstić information content (AvgIpc) is 2.31. The maximum absolute atomic E-state index is 11.0. The molecule has 2 radical (unpaired) electrons. The van der Waals surface area contributed by atoms with Crippen molar-refractivity contribution in [3.63, 3.8) is 0 Å². The van der Waals surface area contributed by atoms with E-state index in [0.717, 1.165) is 5.56 Å². The molecule has 56 valence electrons. The molecule has 0 fully saturated rings. The fraction of sp³-hybridized carbons (Fsp3) is 0.286. The van der Waals surface area contributed by atoms with E-state index in [1.807, 2.05) is 6.92 Å². The van der Waals surface area contributed by atoms with Crippen molar-refractivity contribution in [2.45, 2.75) is 6.92 Å². The van der Waals surface area contributed by atoms with Gasteiger partial charge in [-0.2, -0.15) is 0 Å². The normalized spacial score (nSPS) is 9.64. The van der Waals surface area contributed by atoms with Gasteiger partial charge in [-0.1, -0.05) is 0 Å². The van der Waals surface area contributed by atoms with Crippen molar-refractivity contribution in [2.75, 3.05) is 7.05 Å². The fourth-order valence-electron chi connectivity index (χ4n) is 0.731. The van der Waals surface area contributed by atoms with Crippen molar-refractivity contribution in [3.8, 4) is 0 Å². The lowest BCUT2D eigenvalue weighted by atomic mass is 10.0. The molecule has 0 aromatic carbocycles. The zero-order valence-electron chi connectivity index (χ0n) is 6.47. The molecule has 0 atom stereocenters. The molecule has 0 aliphatic carbocycles. The standard InChI is InChI=1S/C7H8BNOS/c1-4-3-5(7(10)9-2)11-6(4)8/h3H,1-2H3,(H,9,10). The van der Waals surface area contributed by atoms with Crippen molar-refractivity contribution in [3.05, 3.63) is 16.5 Å². The van der Waals surface area contributed by atoms with Crippen LogP contribution >= 0.6 is 11.3 Å². The Hall–Kier alpha value is -0.765. The number of carbonyl (C=O) groups is 1. The van der Waals surface area contributed by atoms with Gasteiger partial charge in [-0.05, 0) is 23.3 Å². The van der Waals surface area contributed by atoms with Gasteiger partial charge in [0.25, 0.3) is 5.91 Å². The maximum atomic E-state index is 11.0. The maximum Gasteiger partial charge on any atom is 0.261 e. The Morgan fingerprint density at radius 1 is 1.73 bits per heavy atom. The molecular formula is C7H8BNOS. The van der Waals surface area contributed by atoms with Gasteiger partial charge in [-0.25, -0.2) is 0 Å². The summed E-state index contributed by atoms with van der Waals surface area (Å²) in [6, 6.07) is 1.79. The van der Waals surface area contributed by atoms with Gasteiger partial charge >= 0.3 is 0 Å². The number of hydrogen-bond acceptors (Lipinski definition) is 2. The Labute approximate surface area is 71.0 Å². The lowest BCUT2D eigenvalue weighted by Crippen LogP contribution is -2.16. The lowest BCUT2D eigenvalue weighted by molar-refractivity contribution is 0.0967. The summed E-state index contributed by atoms with van der Waals surface area (Å²) in [5, 5.41) is 2.54. The quantitative estimate of drug-likeness (QED) is 0.592. The van der Waals surface area contributed by atoms with Gasteiger partial charge < -0.3 is 5.32 Å². The molecule has 0 saturated carbocycles. The molecule has 1 aromatic heterocycles. The molecule has 4 heteroatoms. The summed E-state index contributed by atoms with van der Waals surface area (Å²) in [7, 11) is 7.18. The van der Waals surface area contributed by atoms with E-state index in [4.69, 9.17) is 7.85 Å². The summed E-state index contributed by atoms with van der Waals surface area (Å²) in [5.41, 5.74) is 0.966. The van der Waals surface area contributed by atoms with Crippen molar-refractivity contribution < 1.29 is 4.79 Å². The molecule has 1 N–H and O–H groups in total. The minimum atomic E-state index is -0.0743. The summed E-state index contributed by atoms with van der Waals surface area (Å²) in [4.78, 5) is 11.7. The number of rotatable bonds is 1. The average molecular weight is 165 g/mol. The van der Waals surface area contributed by atoms with Gasteiger partial charge in [0.2, 0.25) is 0 Å². The molecule has 1 heterocycles. The van der Waals surface area contributed by atoms with Gasteiger partial charge in [-0.3, -0.25) is 4.79 Å². The molecule has 1 amide bonds. The number of thiophene rings is 1.